The van der Waals surface area contributed by atoms with Gasteiger partial charge in [0.25, 0.3) is 0 Å². The lowest BCUT2D eigenvalue weighted by atomic mass is 10.00. The number of nitrogens with zero attached hydrogens (tertiary/aromatic N) is 1. The van der Waals surface area contributed by atoms with Gasteiger partial charge in [0.2, 0.25) is 0 Å². The largest absolute Gasteiger partial charge is 0.329 e. The Morgan fingerprint density at radius 2 is 1.62 bits per heavy atom. The summed E-state index contributed by atoms with van der Waals surface area (Å²) in [6.07, 6.45) is 0. The third-order valence-corrected chi connectivity index (χ3v) is 4.26. The van der Waals surface area contributed by atoms with Crippen LogP contribution in [0.3, 0.4) is 0 Å². The summed E-state index contributed by atoms with van der Waals surface area (Å²) in [6.45, 7) is 5.79. The average Bonchev–Trinajstić information content (AvgIpc) is 2.41. The van der Waals surface area contributed by atoms with Crippen LogP contribution in [0.25, 0.3) is 0 Å². The van der Waals surface area contributed by atoms with Crippen molar-refractivity contribution in [2.45, 2.75) is 26.4 Å². The highest BCUT2D eigenvalue weighted by Crippen LogP contribution is 2.23. The Morgan fingerprint density at radius 3 is 2.14 bits per heavy atom. The molecular weight excluding hydrogens is 324 g/mol. The summed E-state index contributed by atoms with van der Waals surface area (Å²) in [5, 5.41) is 0. The second-order valence-corrected chi connectivity index (χ2v) is 6.63. The monoisotopic (exact) mass is 346 g/mol. The summed E-state index contributed by atoms with van der Waals surface area (Å²) in [5.41, 5.74) is 11.2. The Hall–Kier alpha value is -1.16. The maximum absolute atomic E-state index is 6.03. The number of hydrogen-bond acceptors (Lipinski definition) is 2. The number of aryl methyl sites for hydroxylation is 2. The first-order chi connectivity index (χ1) is 9.99. The Bertz CT molecular complexity index is 572. The van der Waals surface area contributed by atoms with Gasteiger partial charge in [0.1, 0.15) is 0 Å². The predicted molar refractivity (Wildman–Crippen MR) is 93.3 cm³/mol. The molecule has 0 heterocycles. The Morgan fingerprint density at radius 1 is 1.05 bits per heavy atom. The maximum atomic E-state index is 6.03. The van der Waals surface area contributed by atoms with Crippen molar-refractivity contribution in [3.63, 3.8) is 0 Å². The van der Waals surface area contributed by atoms with E-state index in [1.807, 2.05) is 0 Å². The standard InChI is InChI=1S/C18H23BrN2/c1-13-8-14(2)10-16(9-13)18(11-20)21(3)12-15-4-6-17(19)7-5-15/h4-10,18H,11-12,20H2,1-3H3. The second-order valence-electron chi connectivity index (χ2n) is 5.71. The van der Waals surface area contributed by atoms with Gasteiger partial charge < -0.3 is 5.73 Å². The molecule has 112 valence electrons. The van der Waals surface area contributed by atoms with Crippen LogP contribution in [0.15, 0.2) is 46.9 Å². The van der Waals surface area contributed by atoms with Crippen LogP contribution < -0.4 is 5.73 Å². The molecule has 0 aliphatic heterocycles. The normalized spacial score (nSPS) is 12.7. The quantitative estimate of drug-likeness (QED) is 0.878. The van der Waals surface area contributed by atoms with Crippen molar-refractivity contribution in [2.24, 2.45) is 5.73 Å². The molecule has 0 saturated heterocycles. The van der Waals surface area contributed by atoms with Gasteiger partial charge in [-0.15, -0.1) is 0 Å². The molecular formula is C18H23BrN2. The number of benzene rings is 2. The maximum Gasteiger partial charge on any atom is 0.0471 e. The van der Waals surface area contributed by atoms with Crippen molar-refractivity contribution >= 4 is 15.9 Å². The number of halogens is 1. The van der Waals surface area contributed by atoms with E-state index in [1.54, 1.807) is 0 Å². The van der Waals surface area contributed by atoms with E-state index in [4.69, 9.17) is 5.73 Å². The summed E-state index contributed by atoms with van der Waals surface area (Å²) >= 11 is 3.47. The van der Waals surface area contributed by atoms with E-state index in [9.17, 15) is 0 Å². The molecule has 21 heavy (non-hydrogen) atoms. The Balaban J connectivity index is 2.17. The molecule has 0 amide bonds. The highest BCUT2D eigenvalue weighted by atomic mass is 79.9. The van der Waals surface area contributed by atoms with Crippen LogP contribution in [-0.2, 0) is 6.54 Å². The summed E-state index contributed by atoms with van der Waals surface area (Å²) in [7, 11) is 2.14. The average molecular weight is 347 g/mol. The fourth-order valence-corrected chi connectivity index (χ4v) is 3.03. The molecule has 0 aliphatic carbocycles. The first-order valence-corrected chi connectivity index (χ1v) is 8.02. The molecule has 0 radical (unpaired) electrons. The zero-order valence-corrected chi connectivity index (χ0v) is 14.5. The molecule has 3 heteroatoms. The predicted octanol–water partition coefficient (Wildman–Crippen LogP) is 4.20. The Labute approximate surface area is 136 Å². The summed E-state index contributed by atoms with van der Waals surface area (Å²) < 4.78 is 1.11. The second kappa shape index (κ2) is 7.21. The molecule has 0 aromatic heterocycles. The molecule has 2 N–H and O–H groups in total. The zero-order valence-electron chi connectivity index (χ0n) is 12.9. The van der Waals surface area contributed by atoms with Crippen molar-refractivity contribution in [1.29, 1.82) is 0 Å². The number of hydrogen-bond donors (Lipinski definition) is 1. The molecule has 2 aromatic rings. The molecule has 2 aromatic carbocycles. The van der Waals surface area contributed by atoms with Gasteiger partial charge in [0.15, 0.2) is 0 Å². The smallest absolute Gasteiger partial charge is 0.0471 e. The van der Waals surface area contributed by atoms with Crippen molar-refractivity contribution < 1.29 is 0 Å². The molecule has 0 spiro atoms. The van der Waals surface area contributed by atoms with Crippen LogP contribution in [0.2, 0.25) is 0 Å². The van der Waals surface area contributed by atoms with Crippen LogP contribution in [0.1, 0.15) is 28.3 Å². The lowest BCUT2D eigenvalue weighted by Crippen LogP contribution is -2.30. The van der Waals surface area contributed by atoms with Gasteiger partial charge in [0, 0.05) is 23.6 Å². The van der Waals surface area contributed by atoms with Crippen molar-refractivity contribution in [3.05, 3.63) is 69.2 Å². The molecule has 2 nitrogen and oxygen atoms in total. The topological polar surface area (TPSA) is 29.3 Å². The third-order valence-electron chi connectivity index (χ3n) is 3.73. The van der Waals surface area contributed by atoms with Crippen LogP contribution in [0, 0.1) is 13.8 Å². The van der Waals surface area contributed by atoms with E-state index >= 15 is 0 Å². The SMILES string of the molecule is Cc1cc(C)cc(C(CN)N(C)Cc2ccc(Br)cc2)c1. The Kier molecular flexibility index (Phi) is 5.57. The number of rotatable bonds is 5. The first-order valence-electron chi connectivity index (χ1n) is 7.22. The molecule has 0 bridgehead atoms. The van der Waals surface area contributed by atoms with Crippen LogP contribution in [0.5, 0.6) is 0 Å². The van der Waals surface area contributed by atoms with E-state index in [0.29, 0.717) is 6.54 Å². The molecule has 1 unspecified atom stereocenters. The minimum atomic E-state index is 0.243. The minimum Gasteiger partial charge on any atom is -0.329 e. The van der Waals surface area contributed by atoms with Crippen LogP contribution >= 0.6 is 15.9 Å². The lowest BCUT2D eigenvalue weighted by Gasteiger charge is -2.28. The van der Waals surface area contributed by atoms with Gasteiger partial charge in [0.05, 0.1) is 0 Å². The van der Waals surface area contributed by atoms with E-state index in [-0.39, 0.29) is 6.04 Å². The molecule has 0 aliphatic rings. The first kappa shape index (κ1) is 16.2. The van der Waals surface area contributed by atoms with E-state index in [2.05, 4.69) is 84.2 Å². The summed E-state index contributed by atoms with van der Waals surface area (Å²) in [6, 6.07) is 15.4. The molecule has 1 atom stereocenters. The van der Waals surface area contributed by atoms with E-state index in [1.165, 1.54) is 22.3 Å². The van der Waals surface area contributed by atoms with Gasteiger partial charge in [-0.1, -0.05) is 57.4 Å². The summed E-state index contributed by atoms with van der Waals surface area (Å²) in [5.74, 6) is 0. The van der Waals surface area contributed by atoms with Gasteiger partial charge in [-0.2, -0.15) is 0 Å². The fourth-order valence-electron chi connectivity index (χ4n) is 2.76. The van der Waals surface area contributed by atoms with Gasteiger partial charge in [-0.3, -0.25) is 4.90 Å². The summed E-state index contributed by atoms with van der Waals surface area (Å²) in [4.78, 5) is 2.32. The fraction of sp³-hybridized carbons (Fsp3) is 0.333. The zero-order chi connectivity index (χ0) is 15.4. The third kappa shape index (κ3) is 4.40. The van der Waals surface area contributed by atoms with E-state index in [0.717, 1.165) is 11.0 Å². The van der Waals surface area contributed by atoms with Crippen LogP contribution in [0.4, 0.5) is 0 Å². The van der Waals surface area contributed by atoms with Gasteiger partial charge in [-0.05, 0) is 44.2 Å². The van der Waals surface area contributed by atoms with Gasteiger partial charge >= 0.3 is 0 Å². The molecule has 2 rings (SSSR count). The lowest BCUT2D eigenvalue weighted by molar-refractivity contribution is 0.241. The number of nitrogens with two attached hydrogens (primary N) is 1. The van der Waals surface area contributed by atoms with Crippen LogP contribution in [-0.4, -0.2) is 18.5 Å². The highest BCUT2D eigenvalue weighted by molar-refractivity contribution is 9.10. The van der Waals surface area contributed by atoms with E-state index < -0.39 is 0 Å². The van der Waals surface area contributed by atoms with Crippen molar-refractivity contribution in [3.8, 4) is 0 Å². The molecule has 0 fully saturated rings. The number of likely N-dealkylation sites (N-methyl/N-ethyl adjacent to an activating group) is 1. The highest BCUT2D eigenvalue weighted by Gasteiger charge is 2.16. The minimum absolute atomic E-state index is 0.243. The van der Waals surface area contributed by atoms with Crippen molar-refractivity contribution in [1.82, 2.24) is 4.90 Å². The van der Waals surface area contributed by atoms with Gasteiger partial charge in [-0.25, -0.2) is 0 Å². The van der Waals surface area contributed by atoms with Crippen molar-refractivity contribution in [2.75, 3.05) is 13.6 Å². The molecule has 0 saturated carbocycles.